The lowest BCUT2D eigenvalue weighted by molar-refractivity contribution is -0.118. The van der Waals surface area contributed by atoms with Crippen LogP contribution in [0, 0.1) is 17.2 Å². The molecule has 5 rings (SSSR count). The summed E-state index contributed by atoms with van der Waals surface area (Å²) in [5, 5.41) is 20.1. The second kappa shape index (κ2) is 23.4. The smallest absolute Gasteiger partial charge is 0.174 e. The standard InChI is InChI=1S/C51H65N4O/c1-3-5-7-9-11-13-15-17-19-25-33-54-35-31-41(44-27-21-23-29-48(44)54)37-46-50(43(39-52)40-53)47(51(46)56)38-42-32-36-55(49-30-24-22-28-45(42)49)34-26-20-18-16-14-12-10-8-6-4-2/h21-24,27-32,35-38,46H,3-20,25-26,33-34H2,1-2H3/q-1/b41-37+,42-38+. The Hall–Kier alpha value is -4.65. The number of unbranched alkanes of at least 4 members (excludes halogenated alkanes) is 18. The van der Waals surface area contributed by atoms with Crippen molar-refractivity contribution in [1.29, 1.82) is 5.26 Å². The monoisotopic (exact) mass is 750 g/mol. The Kier molecular flexibility index (Phi) is 17.8. The zero-order valence-electron chi connectivity index (χ0n) is 34.4. The molecule has 0 bridgehead atoms. The normalized spacial score (nSPS) is 17.2. The second-order valence-corrected chi connectivity index (χ2v) is 15.9. The highest BCUT2D eigenvalue weighted by Gasteiger charge is 2.39. The van der Waals surface area contributed by atoms with Crippen LogP contribution in [0.4, 0.5) is 11.4 Å². The number of anilines is 2. The van der Waals surface area contributed by atoms with E-state index in [1.54, 1.807) is 0 Å². The van der Waals surface area contributed by atoms with E-state index in [1.165, 1.54) is 116 Å². The quantitative estimate of drug-likeness (QED) is 0.0576. The Labute approximate surface area is 338 Å². The van der Waals surface area contributed by atoms with Gasteiger partial charge < -0.3 is 15.2 Å². The maximum absolute atomic E-state index is 14.0. The number of nitrogens with zero attached hydrogens (tertiary/aromatic N) is 4. The van der Waals surface area contributed by atoms with Gasteiger partial charge in [-0.1, -0.05) is 172 Å². The van der Waals surface area contributed by atoms with Crippen LogP contribution >= 0.6 is 0 Å². The fourth-order valence-electron chi connectivity index (χ4n) is 8.42. The van der Waals surface area contributed by atoms with Gasteiger partial charge in [-0.15, -0.1) is 0 Å². The molecule has 1 unspecified atom stereocenters. The van der Waals surface area contributed by atoms with Gasteiger partial charge in [-0.2, -0.15) is 5.26 Å². The van der Waals surface area contributed by atoms with Crippen LogP contribution < -0.4 is 9.80 Å². The van der Waals surface area contributed by atoms with E-state index in [-0.39, 0.29) is 11.4 Å². The molecular formula is C51H65N4O-. The second-order valence-electron chi connectivity index (χ2n) is 15.9. The largest absolute Gasteiger partial charge is 0.762 e. The topological polar surface area (TPSA) is 69.6 Å². The lowest BCUT2D eigenvalue weighted by Gasteiger charge is -2.32. The molecule has 0 fully saturated rings. The lowest BCUT2D eigenvalue weighted by Crippen LogP contribution is -2.31. The first-order valence-electron chi connectivity index (χ1n) is 22.1. The molecule has 296 valence electrons. The lowest BCUT2D eigenvalue weighted by atomic mass is 9.71. The van der Waals surface area contributed by atoms with Crippen molar-refractivity contribution in [3.63, 3.8) is 0 Å². The van der Waals surface area contributed by atoms with Crippen molar-refractivity contribution in [2.75, 3.05) is 22.9 Å². The maximum atomic E-state index is 14.0. The van der Waals surface area contributed by atoms with Gasteiger partial charge in [0, 0.05) is 59.1 Å². The van der Waals surface area contributed by atoms with Crippen LogP contribution in [-0.4, -0.2) is 24.7 Å². The first-order chi connectivity index (χ1) is 27.6. The molecule has 0 amide bonds. The van der Waals surface area contributed by atoms with Crippen LogP contribution in [0.2, 0.25) is 0 Å². The van der Waals surface area contributed by atoms with Crippen LogP contribution in [-0.2, 0) is 4.79 Å². The summed E-state index contributed by atoms with van der Waals surface area (Å²) in [5.74, 6) is 1.40. The van der Waals surface area contributed by atoms with E-state index in [9.17, 15) is 15.5 Å². The number of carbonyl (C=O) groups excluding carboxylic acids is 1. The summed E-state index contributed by atoms with van der Waals surface area (Å²) in [6.45, 7) is 6.44. The number of allylic oxidation sites excluding steroid dienone is 9. The SMILES string of the molecule is CCCCCCCCCCCCN1C=C/C(=C\C2=C(C(=C=[N-])C#N)C(/C=C3\C=CN(CCCCCCCCCCCC)c4ccccc43)C2=O)c2ccccc21. The first-order valence-corrected chi connectivity index (χ1v) is 22.1. The fourth-order valence-corrected chi connectivity index (χ4v) is 8.42. The van der Waals surface area contributed by atoms with E-state index in [0.717, 1.165) is 59.6 Å². The fraction of sp³-hybridized carbons (Fsp3) is 0.490. The van der Waals surface area contributed by atoms with Crippen LogP contribution in [0.15, 0.2) is 102 Å². The number of hydrogen-bond donors (Lipinski definition) is 0. The third-order valence-corrected chi connectivity index (χ3v) is 11.7. The van der Waals surface area contributed by atoms with Gasteiger partial charge in [-0.3, -0.25) is 10.7 Å². The van der Waals surface area contributed by atoms with Crippen molar-refractivity contribution in [2.24, 2.45) is 5.92 Å². The molecule has 1 atom stereocenters. The van der Waals surface area contributed by atoms with E-state index >= 15 is 0 Å². The van der Waals surface area contributed by atoms with Crippen LogP contribution in [0.25, 0.3) is 16.6 Å². The van der Waals surface area contributed by atoms with Gasteiger partial charge in [0.1, 0.15) is 6.07 Å². The molecule has 2 aromatic carbocycles. The predicted octanol–water partition coefficient (Wildman–Crippen LogP) is 13.8. The zero-order valence-corrected chi connectivity index (χ0v) is 34.4. The number of nitriles is 1. The van der Waals surface area contributed by atoms with Gasteiger partial charge in [0.15, 0.2) is 5.78 Å². The average molecular weight is 750 g/mol. The minimum absolute atomic E-state index is 0.00428. The van der Waals surface area contributed by atoms with Crippen molar-refractivity contribution in [3.05, 3.63) is 118 Å². The summed E-state index contributed by atoms with van der Waals surface area (Å²) in [6.07, 6.45) is 38.4. The molecule has 2 aliphatic heterocycles. The number of fused-ring (bicyclic) bond motifs is 2. The van der Waals surface area contributed by atoms with Gasteiger partial charge in [0.25, 0.3) is 0 Å². The van der Waals surface area contributed by atoms with E-state index in [1.807, 2.05) is 24.3 Å². The molecule has 3 aliphatic rings. The summed E-state index contributed by atoms with van der Waals surface area (Å²) in [5.41, 5.74) is 7.25. The van der Waals surface area contributed by atoms with Crippen LogP contribution in [0.5, 0.6) is 0 Å². The highest BCUT2D eigenvalue weighted by Crippen LogP contribution is 2.43. The molecule has 2 heterocycles. The van der Waals surface area contributed by atoms with Gasteiger partial charge >= 0.3 is 0 Å². The molecular weight excluding hydrogens is 685 g/mol. The molecule has 0 N–H and O–H groups in total. The van der Waals surface area contributed by atoms with Crippen LogP contribution in [0.3, 0.4) is 0 Å². The summed E-state index contributed by atoms with van der Waals surface area (Å²) in [6, 6.07) is 18.8. The summed E-state index contributed by atoms with van der Waals surface area (Å²) >= 11 is 0. The number of rotatable bonds is 25. The third-order valence-electron chi connectivity index (χ3n) is 11.7. The van der Waals surface area contributed by atoms with Crippen molar-refractivity contribution < 1.29 is 4.79 Å². The number of ketones is 1. The highest BCUT2D eigenvalue weighted by molar-refractivity contribution is 6.15. The Balaban J connectivity index is 1.24. The highest BCUT2D eigenvalue weighted by atomic mass is 16.1. The third kappa shape index (κ3) is 11.7. The first kappa shape index (κ1) is 42.5. The van der Waals surface area contributed by atoms with E-state index in [2.05, 4.69) is 96.5 Å². The average Bonchev–Trinajstić information content (AvgIpc) is 3.23. The summed E-state index contributed by atoms with van der Waals surface area (Å²) in [4.78, 5) is 18.6. The van der Waals surface area contributed by atoms with E-state index < -0.39 is 5.92 Å². The molecule has 0 spiro atoms. The summed E-state index contributed by atoms with van der Waals surface area (Å²) in [7, 11) is 0. The molecule has 0 saturated carbocycles. The number of carbonyl (C=O) groups is 1. The van der Waals surface area contributed by atoms with Gasteiger partial charge in [-0.25, -0.2) is 0 Å². The van der Waals surface area contributed by atoms with Gasteiger partial charge in [0.05, 0.1) is 11.5 Å². The zero-order chi connectivity index (χ0) is 39.4. The number of hydrogen-bond acceptors (Lipinski definition) is 4. The number of para-hydroxylation sites is 2. The van der Waals surface area contributed by atoms with Crippen molar-refractivity contribution >= 4 is 34.2 Å². The predicted molar refractivity (Wildman–Crippen MR) is 239 cm³/mol. The molecule has 0 radical (unpaired) electrons. The Morgan fingerprint density at radius 2 is 1.07 bits per heavy atom. The summed E-state index contributed by atoms with van der Waals surface area (Å²) < 4.78 is 0. The van der Waals surface area contributed by atoms with Crippen molar-refractivity contribution in [2.45, 2.75) is 142 Å². The molecule has 0 saturated heterocycles. The Morgan fingerprint density at radius 1 is 0.643 bits per heavy atom. The molecule has 1 aliphatic carbocycles. The molecule has 2 aromatic rings. The maximum Gasteiger partial charge on any atom is 0.174 e. The van der Waals surface area contributed by atoms with Crippen molar-refractivity contribution in [1.82, 2.24) is 0 Å². The number of benzene rings is 2. The van der Waals surface area contributed by atoms with E-state index in [0.29, 0.717) is 11.1 Å². The molecule has 5 nitrogen and oxygen atoms in total. The Morgan fingerprint density at radius 3 is 1.54 bits per heavy atom. The molecule has 0 aromatic heterocycles. The number of Topliss-reactive ketones (excluding diaryl/α,β-unsaturated/α-hetero) is 1. The minimum atomic E-state index is -0.645. The van der Waals surface area contributed by atoms with Gasteiger partial charge in [-0.05, 0) is 54.3 Å². The van der Waals surface area contributed by atoms with Gasteiger partial charge in [0.2, 0.25) is 0 Å². The minimum Gasteiger partial charge on any atom is -0.762 e. The van der Waals surface area contributed by atoms with Crippen LogP contribution in [0.1, 0.15) is 153 Å². The van der Waals surface area contributed by atoms with Crippen molar-refractivity contribution in [3.8, 4) is 6.07 Å². The van der Waals surface area contributed by atoms with E-state index in [4.69, 9.17) is 0 Å². The molecule has 5 heteroatoms. The molecule has 56 heavy (non-hydrogen) atoms. The Bertz CT molecular complexity index is 1840.